The summed E-state index contributed by atoms with van der Waals surface area (Å²) in [6.45, 7) is 0. The monoisotopic (exact) mass is 266 g/mol. The summed E-state index contributed by atoms with van der Waals surface area (Å²) in [5, 5.41) is 12.0. The van der Waals surface area contributed by atoms with E-state index >= 15 is 0 Å². The van der Waals surface area contributed by atoms with E-state index < -0.39 is 5.76 Å². The number of nitrogens with one attached hydrogen (secondary N) is 2. The second-order valence-electron chi connectivity index (χ2n) is 4.27. The van der Waals surface area contributed by atoms with Gasteiger partial charge in [-0.25, -0.2) is 4.79 Å². The molecule has 0 bridgehead atoms. The predicted molar refractivity (Wildman–Crippen MR) is 75.7 cm³/mol. The van der Waals surface area contributed by atoms with Crippen LogP contribution in [0.15, 0.2) is 45.6 Å². The predicted octanol–water partition coefficient (Wildman–Crippen LogP) is 2.32. The van der Waals surface area contributed by atoms with Gasteiger partial charge in [0.05, 0.1) is 28.5 Å². The zero-order valence-corrected chi connectivity index (χ0v) is 10.3. The summed E-state index contributed by atoms with van der Waals surface area (Å²) in [5.74, 6) is -0.525. The molecule has 3 rings (SSSR count). The summed E-state index contributed by atoms with van der Waals surface area (Å²) >= 11 is 0. The van der Waals surface area contributed by atoms with Crippen molar-refractivity contribution in [2.45, 2.75) is 0 Å². The molecule has 0 aliphatic heterocycles. The molecule has 0 saturated carbocycles. The molecule has 0 radical (unpaired) electrons. The Kier molecular flexibility index (Phi) is 2.66. The molecule has 0 unspecified atom stereocenters. The van der Waals surface area contributed by atoms with E-state index in [-0.39, 0.29) is 0 Å². The number of oxazole rings is 1. The van der Waals surface area contributed by atoms with Crippen molar-refractivity contribution in [3.63, 3.8) is 0 Å². The minimum absolute atomic E-state index is 0.406. The summed E-state index contributed by atoms with van der Waals surface area (Å²) in [6.07, 6.45) is 0. The van der Waals surface area contributed by atoms with Gasteiger partial charge in [0.1, 0.15) is 0 Å². The Morgan fingerprint density at radius 2 is 2.15 bits per heavy atom. The van der Waals surface area contributed by atoms with E-state index in [1.54, 1.807) is 30.3 Å². The van der Waals surface area contributed by atoms with Crippen LogP contribution in [0.25, 0.3) is 11.1 Å². The van der Waals surface area contributed by atoms with Crippen LogP contribution in [0.1, 0.15) is 5.56 Å². The Morgan fingerprint density at radius 3 is 2.95 bits per heavy atom. The van der Waals surface area contributed by atoms with Gasteiger partial charge in [0.15, 0.2) is 5.58 Å². The number of fused-ring (bicyclic) bond motifs is 1. The van der Waals surface area contributed by atoms with Crippen LogP contribution < -0.4 is 16.8 Å². The minimum Gasteiger partial charge on any atom is -0.408 e. The van der Waals surface area contributed by atoms with Gasteiger partial charge < -0.3 is 15.5 Å². The van der Waals surface area contributed by atoms with Crippen LogP contribution in [-0.2, 0) is 0 Å². The van der Waals surface area contributed by atoms with E-state index in [9.17, 15) is 4.79 Å². The lowest BCUT2D eigenvalue weighted by molar-refractivity contribution is 0.555. The molecular weight excluding hydrogens is 256 g/mol. The van der Waals surface area contributed by atoms with Crippen molar-refractivity contribution in [3.8, 4) is 6.07 Å². The Hall–Kier alpha value is -3.20. The lowest BCUT2D eigenvalue weighted by Gasteiger charge is -2.09. The third-order valence-electron chi connectivity index (χ3n) is 2.86. The first-order valence-corrected chi connectivity index (χ1v) is 5.85. The Morgan fingerprint density at radius 1 is 1.30 bits per heavy atom. The zero-order valence-electron chi connectivity index (χ0n) is 10.3. The molecule has 1 heterocycles. The molecule has 0 atom stereocenters. The summed E-state index contributed by atoms with van der Waals surface area (Å²) in [5.41, 5.74) is 9.24. The molecule has 0 aliphatic carbocycles. The molecule has 20 heavy (non-hydrogen) atoms. The second-order valence-corrected chi connectivity index (χ2v) is 4.27. The molecule has 1 aromatic heterocycles. The second kappa shape index (κ2) is 4.48. The molecule has 0 aliphatic rings. The Bertz CT molecular complexity index is 886. The lowest BCUT2D eigenvalue weighted by Crippen LogP contribution is -1.97. The Balaban J connectivity index is 2.03. The first-order chi connectivity index (χ1) is 9.65. The number of hydrogen-bond acceptors (Lipinski definition) is 5. The number of rotatable bonds is 2. The summed E-state index contributed by atoms with van der Waals surface area (Å²) < 4.78 is 4.93. The van der Waals surface area contributed by atoms with E-state index in [4.69, 9.17) is 15.4 Å². The molecule has 6 heteroatoms. The van der Waals surface area contributed by atoms with E-state index in [0.717, 1.165) is 5.69 Å². The molecule has 3 aromatic rings. The smallest absolute Gasteiger partial charge is 0.408 e. The largest absolute Gasteiger partial charge is 0.417 e. The van der Waals surface area contributed by atoms with Crippen molar-refractivity contribution < 1.29 is 4.42 Å². The molecular formula is C14H10N4O2. The lowest BCUT2D eigenvalue weighted by atomic mass is 10.2. The maximum absolute atomic E-state index is 11.1. The normalized spacial score (nSPS) is 10.3. The number of aromatic amines is 1. The number of nitriles is 1. The molecule has 98 valence electrons. The van der Waals surface area contributed by atoms with Gasteiger partial charge in [0.25, 0.3) is 0 Å². The molecule has 0 saturated heterocycles. The average Bonchev–Trinajstić information content (AvgIpc) is 2.78. The number of benzene rings is 2. The van der Waals surface area contributed by atoms with Gasteiger partial charge in [-0.15, -0.1) is 0 Å². The first-order valence-electron chi connectivity index (χ1n) is 5.85. The van der Waals surface area contributed by atoms with Crippen molar-refractivity contribution in [1.82, 2.24) is 4.98 Å². The minimum atomic E-state index is -0.525. The van der Waals surface area contributed by atoms with Crippen molar-refractivity contribution in [1.29, 1.82) is 5.26 Å². The molecule has 0 fully saturated rings. The molecule has 6 nitrogen and oxygen atoms in total. The highest BCUT2D eigenvalue weighted by Crippen LogP contribution is 2.27. The van der Waals surface area contributed by atoms with Gasteiger partial charge in [-0.2, -0.15) is 5.26 Å². The molecule has 0 amide bonds. The van der Waals surface area contributed by atoms with Gasteiger partial charge in [0.2, 0.25) is 0 Å². The van der Waals surface area contributed by atoms with Crippen molar-refractivity contribution in [2.24, 2.45) is 0 Å². The number of hydrogen-bond donors (Lipinski definition) is 3. The number of nitrogens with two attached hydrogens (primary N) is 1. The maximum Gasteiger partial charge on any atom is 0.417 e. The average molecular weight is 266 g/mol. The Labute approximate surface area is 113 Å². The fraction of sp³-hybridized carbons (Fsp3) is 0. The van der Waals surface area contributed by atoms with E-state index in [1.807, 2.05) is 6.07 Å². The fourth-order valence-electron chi connectivity index (χ4n) is 1.94. The number of nitrogen functional groups attached to an aromatic ring is 1. The van der Waals surface area contributed by atoms with E-state index in [1.165, 1.54) is 0 Å². The number of aromatic nitrogens is 1. The SMILES string of the molecule is N#Cc1cccc(Nc2cc3[nH]c(=O)oc3cc2N)c1. The summed E-state index contributed by atoms with van der Waals surface area (Å²) in [7, 11) is 0. The van der Waals surface area contributed by atoms with Gasteiger partial charge >= 0.3 is 5.76 Å². The van der Waals surface area contributed by atoms with Crippen LogP contribution in [-0.4, -0.2) is 4.98 Å². The van der Waals surface area contributed by atoms with Crippen LogP contribution in [0.4, 0.5) is 17.1 Å². The van der Waals surface area contributed by atoms with Crippen molar-refractivity contribution in [3.05, 3.63) is 52.5 Å². The topological polar surface area (TPSA) is 108 Å². The number of nitrogens with zero attached hydrogens (tertiary/aromatic N) is 1. The highest BCUT2D eigenvalue weighted by Gasteiger charge is 2.07. The third kappa shape index (κ3) is 2.08. The standard InChI is InChI=1S/C14H10N4O2/c15-7-8-2-1-3-9(4-8)17-11-6-12-13(5-10(11)16)20-14(19)18-12/h1-6,17H,16H2,(H,18,19). The quantitative estimate of drug-likeness (QED) is 0.617. The van der Waals surface area contributed by atoms with Gasteiger partial charge in [-0.05, 0) is 24.3 Å². The summed E-state index contributed by atoms with van der Waals surface area (Å²) in [6, 6.07) is 12.3. The highest BCUT2D eigenvalue weighted by molar-refractivity contribution is 5.87. The number of H-pyrrole nitrogens is 1. The van der Waals surface area contributed by atoms with Gasteiger partial charge in [0, 0.05) is 11.8 Å². The van der Waals surface area contributed by atoms with Gasteiger partial charge in [-0.1, -0.05) is 6.07 Å². The zero-order chi connectivity index (χ0) is 14.1. The highest BCUT2D eigenvalue weighted by atomic mass is 16.4. The molecule has 2 aromatic carbocycles. The fourth-order valence-corrected chi connectivity index (χ4v) is 1.94. The van der Waals surface area contributed by atoms with Gasteiger partial charge in [-0.3, -0.25) is 4.98 Å². The van der Waals surface area contributed by atoms with Crippen LogP contribution in [0.2, 0.25) is 0 Å². The van der Waals surface area contributed by atoms with Crippen LogP contribution >= 0.6 is 0 Å². The van der Waals surface area contributed by atoms with Crippen molar-refractivity contribution in [2.75, 3.05) is 11.1 Å². The molecule has 0 spiro atoms. The van der Waals surface area contributed by atoms with E-state index in [0.29, 0.717) is 28.0 Å². The maximum atomic E-state index is 11.1. The third-order valence-corrected chi connectivity index (χ3v) is 2.86. The molecule has 4 N–H and O–H groups in total. The van der Waals surface area contributed by atoms with Crippen LogP contribution in [0.3, 0.4) is 0 Å². The summed E-state index contributed by atoms with van der Waals surface area (Å²) in [4.78, 5) is 13.7. The van der Waals surface area contributed by atoms with Crippen molar-refractivity contribution >= 4 is 28.2 Å². The van der Waals surface area contributed by atoms with E-state index in [2.05, 4.69) is 16.4 Å². The van der Waals surface area contributed by atoms with Crippen LogP contribution in [0.5, 0.6) is 0 Å². The number of anilines is 3. The first kappa shape index (κ1) is 11.9. The van der Waals surface area contributed by atoms with Crippen LogP contribution in [0, 0.1) is 11.3 Å².